The fraction of sp³-hybridized carbons (Fsp3) is 0.944. The molecule has 3 nitrogen and oxygen atoms in total. The van der Waals surface area contributed by atoms with Gasteiger partial charge in [0.2, 0.25) is 0 Å². The lowest BCUT2D eigenvalue weighted by Crippen LogP contribution is -2.34. The van der Waals surface area contributed by atoms with Gasteiger partial charge in [-0.3, -0.25) is 4.79 Å². The Hall–Kier alpha value is -0.570. The number of hydrogen-bond donors (Lipinski definition) is 0. The summed E-state index contributed by atoms with van der Waals surface area (Å²) < 4.78 is 11.2. The number of esters is 1. The summed E-state index contributed by atoms with van der Waals surface area (Å²) >= 11 is 0. The molecule has 0 radical (unpaired) electrons. The van der Waals surface area contributed by atoms with Gasteiger partial charge in [0.25, 0.3) is 0 Å². The maximum absolute atomic E-state index is 12.5. The quantitative estimate of drug-likeness (QED) is 0.576. The van der Waals surface area contributed by atoms with E-state index in [-0.39, 0.29) is 22.7 Å². The van der Waals surface area contributed by atoms with Crippen molar-refractivity contribution >= 4 is 5.97 Å². The van der Waals surface area contributed by atoms with Gasteiger partial charge in [0.15, 0.2) is 0 Å². The van der Waals surface area contributed by atoms with E-state index in [0.29, 0.717) is 24.7 Å². The molecule has 0 N–H and O–H groups in total. The highest BCUT2D eigenvalue weighted by Gasteiger charge is 2.44. The van der Waals surface area contributed by atoms with Gasteiger partial charge in [-0.25, -0.2) is 0 Å². The van der Waals surface area contributed by atoms with E-state index in [2.05, 4.69) is 41.5 Å². The molecule has 0 bridgehead atoms. The van der Waals surface area contributed by atoms with E-state index in [1.165, 1.54) is 0 Å². The fourth-order valence-corrected chi connectivity index (χ4v) is 3.29. The molecule has 21 heavy (non-hydrogen) atoms. The fourth-order valence-electron chi connectivity index (χ4n) is 3.29. The Bertz CT molecular complexity index is 375. The van der Waals surface area contributed by atoms with Crippen LogP contribution < -0.4 is 0 Å². The predicted molar refractivity (Wildman–Crippen MR) is 84.0 cm³/mol. The number of carbonyl (C=O) groups excluding carboxylic acids is 1. The Morgan fingerprint density at radius 1 is 1.14 bits per heavy atom. The van der Waals surface area contributed by atoms with Crippen molar-refractivity contribution in [1.29, 1.82) is 0 Å². The number of carbonyl (C=O) groups is 1. The molecule has 0 aromatic carbocycles. The van der Waals surface area contributed by atoms with Crippen molar-refractivity contribution in [2.24, 2.45) is 22.7 Å². The highest BCUT2D eigenvalue weighted by molar-refractivity contribution is 5.73. The van der Waals surface area contributed by atoms with Gasteiger partial charge in [-0.15, -0.1) is 0 Å². The van der Waals surface area contributed by atoms with Crippen LogP contribution in [0.25, 0.3) is 0 Å². The molecule has 2 fully saturated rings. The van der Waals surface area contributed by atoms with Crippen LogP contribution in [0.4, 0.5) is 0 Å². The molecular weight excluding hydrogens is 264 g/mol. The maximum Gasteiger partial charge on any atom is 0.309 e. The number of epoxide rings is 1. The van der Waals surface area contributed by atoms with Crippen LogP contribution in [0.3, 0.4) is 0 Å². The summed E-state index contributed by atoms with van der Waals surface area (Å²) in [4.78, 5) is 12.5. The zero-order chi connectivity index (χ0) is 15.8. The van der Waals surface area contributed by atoms with Gasteiger partial charge in [0.05, 0.1) is 24.7 Å². The minimum absolute atomic E-state index is 0.0173. The Morgan fingerprint density at radius 3 is 2.33 bits per heavy atom. The highest BCUT2D eigenvalue weighted by Crippen LogP contribution is 2.40. The molecular formula is C18H32O3. The second-order valence-corrected chi connectivity index (χ2v) is 9.21. The van der Waals surface area contributed by atoms with Crippen molar-refractivity contribution in [2.45, 2.75) is 79.4 Å². The van der Waals surface area contributed by atoms with Crippen molar-refractivity contribution < 1.29 is 14.3 Å². The standard InChI is InChI=1S/C18H32O3/c1-17(2,3)10-13(18(4,5)6)16(19)20-11-12-7-8-14-15(9-12)21-14/h12-15H,7-11H2,1-6H3. The monoisotopic (exact) mass is 296 g/mol. The predicted octanol–water partition coefficient (Wildman–Crippen LogP) is 4.20. The highest BCUT2D eigenvalue weighted by atomic mass is 16.6. The summed E-state index contributed by atoms with van der Waals surface area (Å²) in [5.41, 5.74) is 0.0819. The van der Waals surface area contributed by atoms with Crippen LogP contribution >= 0.6 is 0 Å². The van der Waals surface area contributed by atoms with Gasteiger partial charge in [0, 0.05) is 0 Å². The lowest BCUT2D eigenvalue weighted by atomic mass is 9.72. The van der Waals surface area contributed by atoms with E-state index in [0.717, 1.165) is 25.7 Å². The van der Waals surface area contributed by atoms with Crippen molar-refractivity contribution in [3.63, 3.8) is 0 Å². The SMILES string of the molecule is CC(C)(C)CC(C(=O)OCC1CCC2OC2C1)C(C)(C)C. The van der Waals surface area contributed by atoms with Crippen LogP contribution in [0.1, 0.15) is 67.2 Å². The zero-order valence-corrected chi connectivity index (χ0v) is 14.6. The summed E-state index contributed by atoms with van der Waals surface area (Å²) in [6.45, 7) is 13.5. The van der Waals surface area contributed by atoms with E-state index in [1.807, 2.05) is 0 Å². The first-order chi connectivity index (χ1) is 9.56. The maximum atomic E-state index is 12.5. The van der Waals surface area contributed by atoms with Crippen molar-refractivity contribution in [3.8, 4) is 0 Å². The van der Waals surface area contributed by atoms with Gasteiger partial charge in [-0.05, 0) is 42.4 Å². The zero-order valence-electron chi connectivity index (χ0n) is 14.6. The normalized spacial score (nSPS) is 30.5. The average Bonchev–Trinajstić information content (AvgIpc) is 3.09. The lowest BCUT2D eigenvalue weighted by Gasteiger charge is -2.34. The van der Waals surface area contributed by atoms with Crippen LogP contribution in [-0.4, -0.2) is 24.8 Å². The molecule has 1 heterocycles. The van der Waals surface area contributed by atoms with Gasteiger partial charge in [0.1, 0.15) is 0 Å². The van der Waals surface area contributed by atoms with Crippen LogP contribution in [0.2, 0.25) is 0 Å². The summed E-state index contributed by atoms with van der Waals surface area (Å²) in [6, 6.07) is 0. The van der Waals surface area contributed by atoms with Gasteiger partial charge in [-0.1, -0.05) is 41.5 Å². The first-order valence-corrected chi connectivity index (χ1v) is 8.38. The van der Waals surface area contributed by atoms with E-state index in [9.17, 15) is 4.79 Å². The van der Waals surface area contributed by atoms with Crippen LogP contribution in [-0.2, 0) is 14.3 Å². The summed E-state index contributed by atoms with van der Waals surface area (Å²) in [5.74, 6) is 0.440. The molecule has 2 rings (SSSR count). The second-order valence-electron chi connectivity index (χ2n) is 9.21. The van der Waals surface area contributed by atoms with Crippen molar-refractivity contribution in [1.82, 2.24) is 0 Å². The summed E-state index contributed by atoms with van der Waals surface area (Å²) in [6.07, 6.45) is 5.17. The Kier molecular flexibility index (Phi) is 4.72. The lowest BCUT2D eigenvalue weighted by molar-refractivity contribution is -0.155. The first kappa shape index (κ1) is 16.8. The topological polar surface area (TPSA) is 38.8 Å². The Labute approximate surface area is 129 Å². The number of rotatable bonds is 4. The van der Waals surface area contributed by atoms with Crippen molar-refractivity contribution in [3.05, 3.63) is 0 Å². The van der Waals surface area contributed by atoms with Crippen LogP contribution in [0, 0.1) is 22.7 Å². The molecule has 0 spiro atoms. The largest absolute Gasteiger partial charge is 0.465 e. The Morgan fingerprint density at radius 2 is 1.81 bits per heavy atom. The summed E-state index contributed by atoms with van der Waals surface area (Å²) in [7, 11) is 0. The summed E-state index contributed by atoms with van der Waals surface area (Å²) in [5, 5.41) is 0. The third-order valence-electron chi connectivity index (χ3n) is 4.72. The second kappa shape index (κ2) is 5.91. The number of fused-ring (bicyclic) bond motifs is 1. The van der Waals surface area contributed by atoms with E-state index in [4.69, 9.17) is 9.47 Å². The van der Waals surface area contributed by atoms with Gasteiger partial charge in [-0.2, -0.15) is 0 Å². The van der Waals surface area contributed by atoms with Gasteiger partial charge >= 0.3 is 5.97 Å². The first-order valence-electron chi connectivity index (χ1n) is 8.38. The molecule has 0 aromatic rings. The van der Waals surface area contributed by atoms with Gasteiger partial charge < -0.3 is 9.47 Å². The van der Waals surface area contributed by atoms with E-state index in [1.54, 1.807) is 0 Å². The third kappa shape index (κ3) is 4.98. The molecule has 1 aliphatic heterocycles. The molecule has 0 aromatic heterocycles. The van der Waals surface area contributed by atoms with Crippen LogP contribution in [0.5, 0.6) is 0 Å². The minimum atomic E-state index is -0.0539. The smallest absolute Gasteiger partial charge is 0.309 e. The number of ether oxygens (including phenoxy) is 2. The van der Waals surface area contributed by atoms with E-state index < -0.39 is 0 Å². The molecule has 1 aliphatic carbocycles. The molecule has 4 unspecified atom stereocenters. The minimum Gasteiger partial charge on any atom is -0.465 e. The molecule has 3 heteroatoms. The molecule has 1 saturated carbocycles. The average molecular weight is 296 g/mol. The third-order valence-corrected chi connectivity index (χ3v) is 4.72. The Balaban J connectivity index is 1.85. The molecule has 4 atom stereocenters. The van der Waals surface area contributed by atoms with Crippen LogP contribution in [0.15, 0.2) is 0 Å². The molecule has 0 amide bonds. The van der Waals surface area contributed by atoms with E-state index >= 15 is 0 Å². The molecule has 122 valence electrons. The molecule has 2 aliphatic rings. The van der Waals surface area contributed by atoms with Crippen molar-refractivity contribution in [2.75, 3.05) is 6.61 Å². The molecule has 1 saturated heterocycles. The number of hydrogen-bond acceptors (Lipinski definition) is 3.